The summed E-state index contributed by atoms with van der Waals surface area (Å²) in [5.74, 6) is 0.876. The van der Waals surface area contributed by atoms with Crippen LogP contribution in [0.5, 0.6) is 0 Å². The van der Waals surface area contributed by atoms with Crippen LogP contribution in [0.2, 0.25) is 5.02 Å². The number of nitrogens with one attached hydrogen (secondary N) is 2. The molecule has 2 N–H and O–H groups in total. The second-order valence-corrected chi connectivity index (χ2v) is 5.25. The van der Waals surface area contributed by atoms with Gasteiger partial charge in [-0.1, -0.05) is 17.7 Å². The van der Waals surface area contributed by atoms with Gasteiger partial charge in [-0.3, -0.25) is 4.99 Å². The zero-order valence-corrected chi connectivity index (χ0v) is 11.7. The average molecular weight is 350 g/mol. The zero-order chi connectivity index (χ0) is 11.4. The first-order valence-electron chi connectivity index (χ1n) is 5.22. The maximum Gasteiger partial charge on any atom is 0.191 e. The van der Waals surface area contributed by atoms with E-state index >= 15 is 0 Å². The van der Waals surface area contributed by atoms with E-state index in [0.717, 1.165) is 39.6 Å². The Bertz CT molecular complexity index is 406. The second-order valence-electron chi connectivity index (χ2n) is 3.60. The molecule has 0 radical (unpaired) electrons. The van der Waals surface area contributed by atoms with Gasteiger partial charge in [0.2, 0.25) is 0 Å². The van der Waals surface area contributed by atoms with Gasteiger partial charge in [0.1, 0.15) is 0 Å². The van der Waals surface area contributed by atoms with Crippen molar-refractivity contribution < 1.29 is 0 Å². The molecule has 0 aliphatic carbocycles. The van der Waals surface area contributed by atoms with Crippen molar-refractivity contribution in [2.24, 2.45) is 4.99 Å². The molecule has 5 heteroatoms. The number of hydrogen-bond acceptors (Lipinski definition) is 3. The fourth-order valence-corrected chi connectivity index (χ4v) is 2.42. The smallest absolute Gasteiger partial charge is 0.191 e. The van der Waals surface area contributed by atoms with Crippen LogP contribution in [0.3, 0.4) is 0 Å². The first-order chi connectivity index (χ1) is 7.75. The minimum Gasteiger partial charge on any atom is -0.356 e. The van der Waals surface area contributed by atoms with Crippen LogP contribution in [-0.4, -0.2) is 19.0 Å². The Hall–Kier alpha value is -0.490. The summed E-state index contributed by atoms with van der Waals surface area (Å²) in [7, 11) is 0. The molecule has 1 aromatic carbocycles. The van der Waals surface area contributed by atoms with Gasteiger partial charge in [0, 0.05) is 28.2 Å². The summed E-state index contributed by atoms with van der Waals surface area (Å²) < 4.78 is 1.15. The van der Waals surface area contributed by atoms with E-state index in [1.165, 1.54) is 0 Å². The van der Waals surface area contributed by atoms with Gasteiger partial charge in [0.15, 0.2) is 5.96 Å². The molecule has 0 amide bonds. The lowest BCUT2D eigenvalue weighted by molar-refractivity contribution is 0.702. The van der Waals surface area contributed by atoms with Crippen LogP contribution in [0.25, 0.3) is 0 Å². The van der Waals surface area contributed by atoms with Gasteiger partial charge in [0.25, 0.3) is 0 Å². The molecule has 0 aromatic heterocycles. The number of nitrogens with zero attached hydrogens (tertiary/aromatic N) is 1. The fraction of sp³-hybridized carbons (Fsp3) is 0.364. The van der Waals surface area contributed by atoms with Crippen molar-refractivity contribution in [1.82, 2.24) is 10.6 Å². The predicted molar refractivity (Wildman–Crippen MR) is 75.9 cm³/mol. The lowest BCUT2D eigenvalue weighted by Crippen LogP contribution is -2.40. The summed E-state index contributed by atoms with van der Waals surface area (Å²) in [5, 5.41) is 7.27. The van der Waals surface area contributed by atoms with E-state index in [9.17, 15) is 0 Å². The van der Waals surface area contributed by atoms with Crippen LogP contribution in [0, 0.1) is 3.57 Å². The monoisotopic (exact) mass is 349 g/mol. The van der Waals surface area contributed by atoms with Gasteiger partial charge in [-0.05, 0) is 46.7 Å². The molecular formula is C11H13ClIN3. The summed E-state index contributed by atoms with van der Waals surface area (Å²) in [6.07, 6.45) is 1.11. The summed E-state index contributed by atoms with van der Waals surface area (Å²) in [5.41, 5.74) is 1.09. The van der Waals surface area contributed by atoms with Crippen molar-refractivity contribution in [3.63, 3.8) is 0 Å². The van der Waals surface area contributed by atoms with Crippen LogP contribution in [0.15, 0.2) is 23.2 Å². The van der Waals surface area contributed by atoms with Crippen LogP contribution in [-0.2, 0) is 6.54 Å². The summed E-state index contributed by atoms with van der Waals surface area (Å²) in [6.45, 7) is 2.60. The molecule has 0 fully saturated rings. The van der Waals surface area contributed by atoms with E-state index in [4.69, 9.17) is 11.6 Å². The van der Waals surface area contributed by atoms with Crippen molar-refractivity contribution in [2.45, 2.75) is 13.0 Å². The van der Waals surface area contributed by atoms with Gasteiger partial charge in [-0.2, -0.15) is 0 Å². The molecule has 1 aromatic rings. The van der Waals surface area contributed by atoms with Crippen molar-refractivity contribution in [2.75, 3.05) is 13.1 Å². The third kappa shape index (κ3) is 3.25. The molecule has 0 spiro atoms. The van der Waals surface area contributed by atoms with E-state index in [0.29, 0.717) is 6.54 Å². The summed E-state index contributed by atoms with van der Waals surface area (Å²) in [4.78, 5) is 4.34. The summed E-state index contributed by atoms with van der Waals surface area (Å²) >= 11 is 8.39. The number of hydrogen-bond donors (Lipinski definition) is 2. The average Bonchev–Trinajstić information content (AvgIpc) is 2.29. The van der Waals surface area contributed by atoms with E-state index in [1.54, 1.807) is 0 Å². The van der Waals surface area contributed by atoms with Crippen molar-refractivity contribution in [3.8, 4) is 0 Å². The number of aliphatic imine (C=N–C) groups is 1. The Balaban J connectivity index is 1.96. The normalized spacial score (nSPS) is 15.2. The highest BCUT2D eigenvalue weighted by molar-refractivity contribution is 14.1. The molecule has 16 heavy (non-hydrogen) atoms. The Kier molecular flexibility index (Phi) is 4.29. The van der Waals surface area contributed by atoms with Crippen LogP contribution in [0.1, 0.15) is 12.0 Å². The quantitative estimate of drug-likeness (QED) is 0.804. The zero-order valence-electron chi connectivity index (χ0n) is 8.76. The van der Waals surface area contributed by atoms with Crippen molar-refractivity contribution >= 4 is 40.2 Å². The molecule has 1 aliphatic heterocycles. The largest absolute Gasteiger partial charge is 0.356 e. The molecule has 0 saturated heterocycles. The van der Waals surface area contributed by atoms with Gasteiger partial charge >= 0.3 is 0 Å². The molecule has 0 atom stereocenters. The topological polar surface area (TPSA) is 36.4 Å². The maximum atomic E-state index is 6.14. The Morgan fingerprint density at radius 3 is 3.06 bits per heavy atom. The Labute approximate surface area is 114 Å². The minimum atomic E-state index is 0.710. The molecule has 0 bridgehead atoms. The Morgan fingerprint density at radius 2 is 2.38 bits per heavy atom. The lowest BCUT2D eigenvalue weighted by atomic mass is 10.2. The standard InChI is InChI=1S/C11H13ClIN3/c12-10-6-9(13)3-2-8(10)7-16-11-14-4-1-5-15-11/h2-3,6H,1,4-5,7H2,(H2,14,15,16). The van der Waals surface area contributed by atoms with Crippen molar-refractivity contribution in [1.29, 1.82) is 0 Å². The number of rotatable bonds is 2. The third-order valence-electron chi connectivity index (χ3n) is 2.36. The number of benzene rings is 1. The SMILES string of the molecule is Clc1cc(I)ccc1CNC1=NCCCN1. The molecule has 0 saturated carbocycles. The van der Waals surface area contributed by atoms with Crippen LogP contribution in [0.4, 0.5) is 0 Å². The van der Waals surface area contributed by atoms with Crippen molar-refractivity contribution in [3.05, 3.63) is 32.4 Å². The lowest BCUT2D eigenvalue weighted by Gasteiger charge is -2.16. The summed E-state index contributed by atoms with van der Waals surface area (Å²) in [6, 6.07) is 6.06. The molecule has 2 rings (SSSR count). The number of guanidine groups is 1. The van der Waals surface area contributed by atoms with Gasteiger partial charge in [0.05, 0.1) is 0 Å². The first kappa shape index (κ1) is 12.0. The molecule has 1 aliphatic rings. The van der Waals surface area contributed by atoms with E-state index in [1.807, 2.05) is 12.1 Å². The minimum absolute atomic E-state index is 0.710. The van der Waals surface area contributed by atoms with Crippen LogP contribution < -0.4 is 10.6 Å². The van der Waals surface area contributed by atoms with Crippen LogP contribution >= 0.6 is 34.2 Å². The van der Waals surface area contributed by atoms with Gasteiger partial charge < -0.3 is 10.6 Å². The Morgan fingerprint density at radius 1 is 1.50 bits per heavy atom. The maximum absolute atomic E-state index is 6.14. The van der Waals surface area contributed by atoms with E-state index in [2.05, 4.69) is 44.3 Å². The fourth-order valence-electron chi connectivity index (χ4n) is 1.50. The third-order valence-corrected chi connectivity index (χ3v) is 3.38. The molecular weight excluding hydrogens is 336 g/mol. The first-order valence-corrected chi connectivity index (χ1v) is 6.67. The number of halogens is 2. The molecule has 86 valence electrons. The molecule has 1 heterocycles. The van der Waals surface area contributed by atoms with E-state index in [-0.39, 0.29) is 0 Å². The highest BCUT2D eigenvalue weighted by Gasteiger charge is 2.05. The molecule has 0 unspecified atom stereocenters. The second kappa shape index (κ2) is 5.72. The molecule has 3 nitrogen and oxygen atoms in total. The highest BCUT2D eigenvalue weighted by Crippen LogP contribution is 2.18. The van der Waals surface area contributed by atoms with E-state index < -0.39 is 0 Å². The van der Waals surface area contributed by atoms with Gasteiger partial charge in [-0.25, -0.2) is 0 Å². The highest BCUT2D eigenvalue weighted by atomic mass is 127. The predicted octanol–water partition coefficient (Wildman–Crippen LogP) is 2.38. The van der Waals surface area contributed by atoms with Gasteiger partial charge in [-0.15, -0.1) is 0 Å².